The van der Waals surface area contributed by atoms with Crippen molar-refractivity contribution < 1.29 is 0 Å². The highest BCUT2D eigenvalue weighted by Gasteiger charge is 2.16. The van der Waals surface area contributed by atoms with Crippen molar-refractivity contribution in [1.82, 2.24) is 9.13 Å². The predicted octanol–water partition coefficient (Wildman–Crippen LogP) is 9.29. The van der Waals surface area contributed by atoms with Gasteiger partial charge in [-0.05, 0) is 71.8 Å². The largest absolute Gasteiger partial charge is 0.309 e. The summed E-state index contributed by atoms with van der Waals surface area (Å²) >= 11 is 0. The summed E-state index contributed by atoms with van der Waals surface area (Å²) in [5.74, 6) is 0. The van der Waals surface area contributed by atoms with Crippen LogP contribution >= 0.6 is 0 Å². The molecule has 0 aliphatic heterocycles. The van der Waals surface area contributed by atoms with E-state index < -0.39 is 0 Å². The molecular formula is C38H22N4. The van der Waals surface area contributed by atoms with Crippen LogP contribution in [0.5, 0.6) is 0 Å². The fourth-order valence-corrected chi connectivity index (χ4v) is 6.32. The Morgan fingerprint density at radius 1 is 0.429 bits per heavy atom. The van der Waals surface area contributed by atoms with Gasteiger partial charge in [0, 0.05) is 27.2 Å². The van der Waals surface area contributed by atoms with Gasteiger partial charge in [0.05, 0.1) is 45.0 Å². The third-order valence-corrected chi connectivity index (χ3v) is 8.18. The summed E-state index contributed by atoms with van der Waals surface area (Å²) in [6.45, 7) is 0. The first-order valence-corrected chi connectivity index (χ1v) is 13.8. The molecule has 0 amide bonds. The zero-order valence-electron chi connectivity index (χ0n) is 22.5. The van der Waals surface area contributed by atoms with Crippen LogP contribution in [0.1, 0.15) is 11.1 Å². The fraction of sp³-hybridized carbons (Fsp3) is 0. The first-order chi connectivity index (χ1) is 20.7. The van der Waals surface area contributed by atoms with Gasteiger partial charge in [-0.2, -0.15) is 10.5 Å². The molecule has 0 saturated heterocycles. The average Bonchev–Trinajstić information content (AvgIpc) is 3.56. The third kappa shape index (κ3) is 3.47. The first kappa shape index (κ1) is 23.8. The van der Waals surface area contributed by atoms with E-state index in [4.69, 9.17) is 0 Å². The first-order valence-electron chi connectivity index (χ1n) is 13.8. The lowest BCUT2D eigenvalue weighted by molar-refractivity contribution is 1.17. The standard InChI is InChI=1S/C38H22N4/c39-23-25-16-19-37-33(20-25)31-12-3-5-14-35(31)41(37)29-10-7-9-26(21-29)27-17-18-32-30-11-2-6-15-36(30)42(38(32)22-27)34-13-4-1-8-28(34)24-40/h1-22H. The van der Waals surface area contributed by atoms with Crippen molar-refractivity contribution in [2.24, 2.45) is 0 Å². The average molecular weight is 535 g/mol. The summed E-state index contributed by atoms with van der Waals surface area (Å²) in [6.07, 6.45) is 0. The minimum Gasteiger partial charge on any atom is -0.309 e. The van der Waals surface area contributed by atoms with Gasteiger partial charge in [0.2, 0.25) is 0 Å². The number of rotatable bonds is 3. The maximum Gasteiger partial charge on any atom is 0.101 e. The summed E-state index contributed by atoms with van der Waals surface area (Å²) in [7, 11) is 0. The summed E-state index contributed by atoms with van der Waals surface area (Å²) in [5, 5.41) is 23.9. The second-order valence-electron chi connectivity index (χ2n) is 10.5. The number of hydrogen-bond acceptors (Lipinski definition) is 2. The van der Waals surface area contributed by atoms with Crippen LogP contribution < -0.4 is 0 Å². The lowest BCUT2D eigenvalue weighted by Gasteiger charge is -2.12. The molecule has 0 aliphatic carbocycles. The van der Waals surface area contributed by atoms with E-state index in [0.29, 0.717) is 11.1 Å². The van der Waals surface area contributed by atoms with Gasteiger partial charge in [-0.3, -0.25) is 0 Å². The smallest absolute Gasteiger partial charge is 0.101 e. The van der Waals surface area contributed by atoms with Gasteiger partial charge in [0.15, 0.2) is 0 Å². The van der Waals surface area contributed by atoms with Crippen molar-refractivity contribution in [3.05, 3.63) is 145 Å². The molecule has 2 heterocycles. The van der Waals surface area contributed by atoms with Crippen LogP contribution in [0.4, 0.5) is 0 Å². The molecule has 0 atom stereocenters. The Labute approximate surface area is 242 Å². The lowest BCUT2D eigenvalue weighted by atomic mass is 10.0. The molecule has 0 N–H and O–H groups in total. The molecule has 194 valence electrons. The van der Waals surface area contributed by atoms with Gasteiger partial charge in [0.25, 0.3) is 0 Å². The molecule has 4 heteroatoms. The lowest BCUT2D eigenvalue weighted by Crippen LogP contribution is -1.97. The van der Waals surface area contributed by atoms with E-state index in [1.165, 1.54) is 0 Å². The molecular weight excluding hydrogens is 512 g/mol. The Morgan fingerprint density at radius 3 is 1.90 bits per heavy atom. The zero-order valence-corrected chi connectivity index (χ0v) is 22.5. The van der Waals surface area contributed by atoms with Crippen LogP contribution in [-0.4, -0.2) is 9.13 Å². The Kier molecular flexibility index (Phi) is 5.22. The van der Waals surface area contributed by atoms with Crippen molar-refractivity contribution in [2.45, 2.75) is 0 Å². The van der Waals surface area contributed by atoms with Crippen molar-refractivity contribution in [2.75, 3.05) is 0 Å². The second kappa shape index (κ2) is 9.24. The van der Waals surface area contributed by atoms with Crippen molar-refractivity contribution in [1.29, 1.82) is 10.5 Å². The summed E-state index contributed by atoms with van der Waals surface area (Å²) in [6, 6.07) is 50.2. The molecule has 0 bridgehead atoms. The van der Waals surface area contributed by atoms with Gasteiger partial charge < -0.3 is 9.13 Å². The molecule has 0 aliphatic rings. The normalized spacial score (nSPS) is 11.3. The van der Waals surface area contributed by atoms with Gasteiger partial charge >= 0.3 is 0 Å². The van der Waals surface area contributed by atoms with Crippen molar-refractivity contribution in [3.8, 4) is 34.6 Å². The molecule has 8 rings (SSSR count). The third-order valence-electron chi connectivity index (χ3n) is 8.18. The van der Waals surface area contributed by atoms with E-state index in [2.05, 4.69) is 100 Å². The molecule has 0 unspecified atom stereocenters. The fourth-order valence-electron chi connectivity index (χ4n) is 6.32. The summed E-state index contributed by atoms with van der Waals surface area (Å²) in [5.41, 5.74) is 9.71. The summed E-state index contributed by atoms with van der Waals surface area (Å²) < 4.78 is 4.48. The highest BCUT2D eigenvalue weighted by molar-refractivity contribution is 6.11. The molecule has 42 heavy (non-hydrogen) atoms. The SMILES string of the molecule is N#Cc1ccc2c(c1)c1ccccc1n2-c1cccc(-c2ccc3c4ccccc4n(-c4ccccc4C#N)c3c2)c1. The molecule has 0 radical (unpaired) electrons. The van der Waals surface area contributed by atoms with Crippen LogP contribution in [-0.2, 0) is 0 Å². The van der Waals surface area contributed by atoms with E-state index >= 15 is 0 Å². The van der Waals surface area contributed by atoms with E-state index in [1.54, 1.807) is 0 Å². The maximum atomic E-state index is 9.91. The molecule has 2 aromatic heterocycles. The molecule has 8 aromatic rings. The van der Waals surface area contributed by atoms with Crippen LogP contribution in [0.2, 0.25) is 0 Å². The van der Waals surface area contributed by atoms with Gasteiger partial charge in [-0.15, -0.1) is 0 Å². The quantitative estimate of drug-likeness (QED) is 0.227. The molecule has 0 spiro atoms. The topological polar surface area (TPSA) is 57.4 Å². The van der Waals surface area contributed by atoms with Crippen molar-refractivity contribution >= 4 is 43.6 Å². The number of nitriles is 2. The van der Waals surface area contributed by atoms with E-state index in [0.717, 1.165) is 66.1 Å². The second-order valence-corrected chi connectivity index (χ2v) is 10.5. The van der Waals surface area contributed by atoms with Crippen LogP contribution in [0, 0.1) is 22.7 Å². The minimum atomic E-state index is 0.637. The van der Waals surface area contributed by atoms with Gasteiger partial charge in [-0.1, -0.05) is 72.8 Å². The van der Waals surface area contributed by atoms with Crippen LogP contribution in [0.3, 0.4) is 0 Å². The number of hydrogen-bond donors (Lipinski definition) is 0. The predicted molar refractivity (Wildman–Crippen MR) is 170 cm³/mol. The van der Waals surface area contributed by atoms with E-state index in [-0.39, 0.29) is 0 Å². The van der Waals surface area contributed by atoms with Gasteiger partial charge in [0.1, 0.15) is 6.07 Å². The van der Waals surface area contributed by atoms with E-state index in [1.807, 2.05) is 54.6 Å². The zero-order chi connectivity index (χ0) is 28.2. The molecule has 0 fully saturated rings. The highest BCUT2D eigenvalue weighted by Crippen LogP contribution is 2.37. The Bertz CT molecular complexity index is 2440. The Balaban J connectivity index is 1.36. The highest BCUT2D eigenvalue weighted by atomic mass is 15.0. The molecule has 6 aromatic carbocycles. The number of aromatic nitrogens is 2. The minimum absolute atomic E-state index is 0.637. The number of nitrogens with zero attached hydrogens (tertiary/aromatic N) is 4. The van der Waals surface area contributed by atoms with Crippen LogP contribution in [0.15, 0.2) is 133 Å². The maximum absolute atomic E-state index is 9.91. The molecule has 0 saturated carbocycles. The monoisotopic (exact) mass is 534 g/mol. The number of para-hydroxylation sites is 3. The number of fused-ring (bicyclic) bond motifs is 6. The Morgan fingerprint density at radius 2 is 1.10 bits per heavy atom. The van der Waals surface area contributed by atoms with Crippen LogP contribution in [0.25, 0.3) is 66.1 Å². The van der Waals surface area contributed by atoms with E-state index in [9.17, 15) is 10.5 Å². The number of benzene rings is 6. The Hall–Kier alpha value is -6.10. The van der Waals surface area contributed by atoms with Crippen molar-refractivity contribution in [3.63, 3.8) is 0 Å². The van der Waals surface area contributed by atoms with Gasteiger partial charge in [-0.25, -0.2) is 0 Å². The summed E-state index contributed by atoms with van der Waals surface area (Å²) in [4.78, 5) is 0. The molecule has 4 nitrogen and oxygen atoms in total.